The van der Waals surface area contributed by atoms with Crippen molar-refractivity contribution >= 4 is 23.4 Å². The fourth-order valence-corrected chi connectivity index (χ4v) is 2.60. The van der Waals surface area contributed by atoms with Gasteiger partial charge in [-0.05, 0) is 17.7 Å². The fourth-order valence-electron chi connectivity index (χ4n) is 2.43. The molecule has 2 N–H and O–H groups in total. The summed E-state index contributed by atoms with van der Waals surface area (Å²) in [5.41, 5.74) is 6.76. The van der Waals surface area contributed by atoms with Gasteiger partial charge in [0.15, 0.2) is 0 Å². The number of pyridine rings is 1. The molecule has 0 atom stereocenters. The summed E-state index contributed by atoms with van der Waals surface area (Å²) in [6.45, 7) is 4.48. The third kappa shape index (κ3) is 3.22. The molecule has 6 nitrogen and oxygen atoms in total. The van der Waals surface area contributed by atoms with Crippen molar-refractivity contribution in [3.63, 3.8) is 0 Å². The lowest BCUT2D eigenvalue weighted by Gasteiger charge is -2.34. The topological polar surface area (TPSA) is 71.2 Å². The molecule has 21 heavy (non-hydrogen) atoms. The summed E-state index contributed by atoms with van der Waals surface area (Å²) in [4.78, 5) is 17.1. The third-order valence-electron chi connectivity index (χ3n) is 3.60. The van der Waals surface area contributed by atoms with E-state index in [0.29, 0.717) is 10.8 Å². The zero-order valence-corrected chi connectivity index (χ0v) is 12.4. The maximum Gasteiger partial charge on any atom is 0.225 e. The van der Waals surface area contributed by atoms with Crippen molar-refractivity contribution < 1.29 is 0 Å². The molecule has 3 heterocycles. The van der Waals surface area contributed by atoms with E-state index in [9.17, 15) is 0 Å². The van der Waals surface area contributed by atoms with Crippen molar-refractivity contribution in [2.75, 3.05) is 36.8 Å². The number of aromatic nitrogens is 3. The lowest BCUT2D eigenvalue weighted by Crippen LogP contribution is -2.46. The first-order valence-corrected chi connectivity index (χ1v) is 7.25. The van der Waals surface area contributed by atoms with Gasteiger partial charge in [0, 0.05) is 51.3 Å². The normalized spacial score (nSPS) is 16.1. The van der Waals surface area contributed by atoms with Crippen LogP contribution in [0.2, 0.25) is 5.02 Å². The Morgan fingerprint density at radius 1 is 1.05 bits per heavy atom. The Bertz CT molecular complexity index is 598. The van der Waals surface area contributed by atoms with Crippen LogP contribution in [0.15, 0.2) is 30.7 Å². The summed E-state index contributed by atoms with van der Waals surface area (Å²) in [5, 5.41) is 0.561. The van der Waals surface area contributed by atoms with Crippen molar-refractivity contribution in [2.45, 2.75) is 6.54 Å². The first-order chi connectivity index (χ1) is 10.2. The van der Waals surface area contributed by atoms with E-state index >= 15 is 0 Å². The maximum absolute atomic E-state index is 6.19. The highest BCUT2D eigenvalue weighted by atomic mass is 35.5. The highest BCUT2D eigenvalue weighted by Gasteiger charge is 2.19. The van der Waals surface area contributed by atoms with Gasteiger partial charge in [-0.1, -0.05) is 11.6 Å². The average Bonchev–Trinajstić information content (AvgIpc) is 2.53. The quantitative estimate of drug-likeness (QED) is 0.925. The van der Waals surface area contributed by atoms with Crippen LogP contribution in [-0.4, -0.2) is 46.0 Å². The van der Waals surface area contributed by atoms with E-state index in [2.05, 4.69) is 24.8 Å². The van der Waals surface area contributed by atoms with Gasteiger partial charge in [-0.25, -0.2) is 15.0 Å². The zero-order valence-electron chi connectivity index (χ0n) is 11.6. The second kappa shape index (κ2) is 6.24. The number of hydrogen-bond donors (Lipinski definition) is 1. The minimum Gasteiger partial charge on any atom is -0.382 e. The molecule has 110 valence electrons. The van der Waals surface area contributed by atoms with Gasteiger partial charge in [0.25, 0.3) is 0 Å². The van der Waals surface area contributed by atoms with Crippen LogP contribution in [0, 0.1) is 0 Å². The van der Waals surface area contributed by atoms with E-state index in [1.54, 1.807) is 18.6 Å². The minimum absolute atomic E-state index is 0.394. The lowest BCUT2D eigenvalue weighted by molar-refractivity contribution is 0.248. The Morgan fingerprint density at radius 2 is 1.76 bits per heavy atom. The molecule has 1 aliphatic rings. The lowest BCUT2D eigenvalue weighted by atomic mass is 10.2. The van der Waals surface area contributed by atoms with Gasteiger partial charge in [0.05, 0.1) is 5.02 Å². The zero-order chi connectivity index (χ0) is 14.7. The van der Waals surface area contributed by atoms with E-state index in [-0.39, 0.29) is 0 Å². The summed E-state index contributed by atoms with van der Waals surface area (Å²) in [6, 6.07) is 3.75. The molecule has 0 radical (unpaired) electrons. The number of anilines is 2. The fraction of sp³-hybridized carbons (Fsp3) is 0.357. The summed E-state index contributed by atoms with van der Waals surface area (Å²) in [5.74, 6) is 1.19. The number of nitrogen functional groups attached to an aromatic ring is 1. The molecule has 1 saturated heterocycles. The largest absolute Gasteiger partial charge is 0.382 e. The number of rotatable bonds is 3. The van der Waals surface area contributed by atoms with Crippen LogP contribution in [-0.2, 0) is 6.54 Å². The Balaban J connectivity index is 1.60. The van der Waals surface area contributed by atoms with Crippen LogP contribution >= 0.6 is 11.6 Å². The van der Waals surface area contributed by atoms with Crippen LogP contribution < -0.4 is 10.6 Å². The van der Waals surface area contributed by atoms with Crippen molar-refractivity contribution in [1.29, 1.82) is 0 Å². The first kappa shape index (κ1) is 14.0. The van der Waals surface area contributed by atoms with Crippen LogP contribution in [0.5, 0.6) is 0 Å². The van der Waals surface area contributed by atoms with Crippen molar-refractivity contribution in [2.24, 2.45) is 0 Å². The molecule has 7 heteroatoms. The molecule has 0 unspecified atom stereocenters. The molecule has 0 aromatic carbocycles. The number of hydrogen-bond acceptors (Lipinski definition) is 6. The number of nitrogens with two attached hydrogens (primary N) is 1. The molecule has 2 aromatic heterocycles. The van der Waals surface area contributed by atoms with Gasteiger partial charge < -0.3 is 10.6 Å². The molecule has 0 saturated carbocycles. The van der Waals surface area contributed by atoms with E-state index in [1.807, 2.05) is 12.1 Å². The summed E-state index contributed by atoms with van der Waals surface area (Å²) in [6.07, 6.45) is 5.24. The highest BCUT2D eigenvalue weighted by molar-refractivity contribution is 6.33. The number of nitrogens with zero attached hydrogens (tertiary/aromatic N) is 5. The highest BCUT2D eigenvalue weighted by Crippen LogP contribution is 2.22. The SMILES string of the molecule is Nc1nccc(CN2CCN(c3ncccn3)CC2)c1Cl. The van der Waals surface area contributed by atoms with Crippen LogP contribution in [0.1, 0.15) is 5.56 Å². The van der Waals surface area contributed by atoms with Gasteiger partial charge in [-0.2, -0.15) is 0 Å². The first-order valence-electron chi connectivity index (χ1n) is 6.87. The van der Waals surface area contributed by atoms with Crippen LogP contribution in [0.25, 0.3) is 0 Å². The molecule has 1 aliphatic heterocycles. The molecule has 2 aromatic rings. The minimum atomic E-state index is 0.394. The van der Waals surface area contributed by atoms with E-state index < -0.39 is 0 Å². The summed E-state index contributed by atoms with van der Waals surface area (Å²) >= 11 is 6.19. The number of piperazine rings is 1. The molecule has 0 aliphatic carbocycles. The Morgan fingerprint density at radius 3 is 2.48 bits per heavy atom. The second-order valence-corrected chi connectivity index (χ2v) is 5.36. The molecule has 0 spiro atoms. The molecule has 3 rings (SSSR count). The summed E-state index contributed by atoms with van der Waals surface area (Å²) in [7, 11) is 0. The number of halogens is 1. The molecule has 1 fully saturated rings. The monoisotopic (exact) mass is 304 g/mol. The smallest absolute Gasteiger partial charge is 0.225 e. The van der Waals surface area contributed by atoms with Gasteiger partial charge in [0.2, 0.25) is 5.95 Å². The molecule has 0 bridgehead atoms. The van der Waals surface area contributed by atoms with Gasteiger partial charge >= 0.3 is 0 Å². The van der Waals surface area contributed by atoms with Crippen molar-refractivity contribution in [1.82, 2.24) is 19.9 Å². The Hall–Kier alpha value is -1.92. The maximum atomic E-state index is 6.19. The standard InChI is InChI=1S/C14H17ClN6/c15-12-11(2-5-17-13(12)16)10-20-6-8-21(9-7-20)14-18-3-1-4-19-14/h1-5H,6-10H2,(H2,16,17). The predicted octanol–water partition coefficient (Wildman–Crippen LogP) is 1.43. The van der Waals surface area contributed by atoms with Crippen LogP contribution in [0.3, 0.4) is 0 Å². The summed E-state index contributed by atoms with van der Waals surface area (Å²) < 4.78 is 0. The van der Waals surface area contributed by atoms with Crippen LogP contribution in [0.4, 0.5) is 11.8 Å². The van der Waals surface area contributed by atoms with Crippen molar-refractivity contribution in [3.8, 4) is 0 Å². The third-order valence-corrected chi connectivity index (χ3v) is 4.03. The predicted molar refractivity (Wildman–Crippen MR) is 83.2 cm³/mol. The van der Waals surface area contributed by atoms with E-state index in [4.69, 9.17) is 17.3 Å². The molecular formula is C14H17ClN6. The Labute approximate surface area is 128 Å². The molecule has 0 amide bonds. The van der Waals surface area contributed by atoms with E-state index in [0.717, 1.165) is 44.2 Å². The Kier molecular flexibility index (Phi) is 4.17. The van der Waals surface area contributed by atoms with Gasteiger partial charge in [0.1, 0.15) is 5.82 Å². The molecular weight excluding hydrogens is 288 g/mol. The average molecular weight is 305 g/mol. The van der Waals surface area contributed by atoms with E-state index in [1.165, 1.54) is 0 Å². The van der Waals surface area contributed by atoms with Crippen molar-refractivity contribution in [3.05, 3.63) is 41.3 Å². The van der Waals surface area contributed by atoms with Gasteiger partial charge in [-0.15, -0.1) is 0 Å². The second-order valence-electron chi connectivity index (χ2n) is 4.98. The van der Waals surface area contributed by atoms with Gasteiger partial charge in [-0.3, -0.25) is 4.90 Å².